The van der Waals surface area contributed by atoms with E-state index in [1.807, 2.05) is 61.1 Å². The second-order valence-corrected chi connectivity index (χ2v) is 10.7. The summed E-state index contributed by atoms with van der Waals surface area (Å²) in [6, 6.07) is 15.5. The molecule has 0 unspecified atom stereocenters. The van der Waals surface area contributed by atoms with E-state index in [0.29, 0.717) is 39.3 Å². The minimum absolute atomic E-state index is 0.0854. The predicted octanol–water partition coefficient (Wildman–Crippen LogP) is 4.50. The molecule has 222 valence electrons. The Bertz CT molecular complexity index is 1430. The van der Waals surface area contributed by atoms with Crippen LogP contribution < -0.4 is 0 Å². The van der Waals surface area contributed by atoms with Gasteiger partial charge in [0.2, 0.25) is 0 Å². The second kappa shape index (κ2) is 12.5. The molecule has 0 aliphatic carbocycles. The molecule has 1 saturated heterocycles. The third kappa shape index (κ3) is 6.74. The van der Waals surface area contributed by atoms with E-state index in [9.17, 15) is 22.8 Å². The number of ether oxygens (including phenoxy) is 1. The molecule has 2 aliphatic rings. The standard InChI is InChI=1S/C31H34F3N5O3/c1-22-5-7-23(8-6-22)28-20-26(27-4-3-13-36(27)2)35-39(28)29(40)21-38(15-14-37-16-18-42-19-17-37)30(41)24-9-11-25(12-10-24)31(32,33)34/h3-13,28H,14-21H2,1-2H3/t28-/m0/s1. The number of carbonyl (C=O) groups excluding carboxylic acids is 2. The summed E-state index contributed by atoms with van der Waals surface area (Å²) >= 11 is 0. The van der Waals surface area contributed by atoms with Crippen LogP contribution in [0.2, 0.25) is 0 Å². The topological polar surface area (TPSA) is 70.4 Å². The second-order valence-electron chi connectivity index (χ2n) is 10.7. The Morgan fingerprint density at radius 1 is 1.02 bits per heavy atom. The van der Waals surface area contributed by atoms with Crippen molar-refractivity contribution in [1.82, 2.24) is 19.4 Å². The predicted molar refractivity (Wildman–Crippen MR) is 152 cm³/mol. The van der Waals surface area contributed by atoms with E-state index < -0.39 is 17.6 Å². The highest BCUT2D eigenvalue weighted by Crippen LogP contribution is 2.33. The number of hydrogen-bond acceptors (Lipinski definition) is 5. The van der Waals surface area contributed by atoms with Crippen molar-refractivity contribution in [2.24, 2.45) is 12.1 Å². The molecule has 2 amide bonds. The van der Waals surface area contributed by atoms with Crippen molar-refractivity contribution < 1.29 is 27.5 Å². The third-order valence-corrected chi connectivity index (χ3v) is 7.73. The van der Waals surface area contributed by atoms with Gasteiger partial charge in [0.1, 0.15) is 6.54 Å². The van der Waals surface area contributed by atoms with Crippen LogP contribution in [0.4, 0.5) is 13.2 Å². The highest BCUT2D eigenvalue weighted by atomic mass is 19.4. The first kappa shape index (κ1) is 29.5. The van der Waals surface area contributed by atoms with Crippen molar-refractivity contribution >= 4 is 17.5 Å². The van der Waals surface area contributed by atoms with Crippen molar-refractivity contribution in [3.05, 3.63) is 94.8 Å². The monoisotopic (exact) mass is 581 g/mol. The smallest absolute Gasteiger partial charge is 0.379 e. The van der Waals surface area contributed by atoms with Gasteiger partial charge in [0.05, 0.1) is 36.2 Å². The largest absolute Gasteiger partial charge is 0.416 e. The molecule has 3 heterocycles. The number of aromatic nitrogens is 1. The van der Waals surface area contributed by atoms with E-state index in [1.54, 1.807) is 0 Å². The number of amides is 2. The van der Waals surface area contributed by atoms with Crippen molar-refractivity contribution in [1.29, 1.82) is 0 Å². The molecule has 42 heavy (non-hydrogen) atoms. The maximum absolute atomic E-state index is 13.9. The van der Waals surface area contributed by atoms with E-state index in [1.165, 1.54) is 9.91 Å². The Kier molecular flexibility index (Phi) is 8.79. The van der Waals surface area contributed by atoms with Crippen LogP contribution in [0.3, 0.4) is 0 Å². The van der Waals surface area contributed by atoms with Gasteiger partial charge in [0.25, 0.3) is 11.8 Å². The van der Waals surface area contributed by atoms with E-state index in [0.717, 1.165) is 46.8 Å². The normalized spacial score (nSPS) is 17.8. The number of alkyl halides is 3. The molecule has 0 saturated carbocycles. The lowest BCUT2D eigenvalue weighted by molar-refractivity contribution is -0.137. The number of hydrazone groups is 1. The molecule has 0 N–H and O–H groups in total. The minimum Gasteiger partial charge on any atom is -0.379 e. The van der Waals surface area contributed by atoms with Crippen LogP contribution in [0.25, 0.3) is 0 Å². The van der Waals surface area contributed by atoms with Crippen LogP contribution in [0.5, 0.6) is 0 Å². The number of nitrogens with zero attached hydrogens (tertiary/aromatic N) is 5. The van der Waals surface area contributed by atoms with Gasteiger partial charge in [-0.3, -0.25) is 14.5 Å². The van der Waals surface area contributed by atoms with Gasteiger partial charge in [-0.25, -0.2) is 5.01 Å². The molecule has 2 aliphatic heterocycles. The zero-order valence-electron chi connectivity index (χ0n) is 23.7. The Balaban J connectivity index is 1.41. The van der Waals surface area contributed by atoms with E-state index >= 15 is 0 Å². The summed E-state index contributed by atoms with van der Waals surface area (Å²) in [6.45, 7) is 5.00. The maximum Gasteiger partial charge on any atom is 0.416 e. The van der Waals surface area contributed by atoms with Crippen LogP contribution in [0.15, 0.2) is 72.0 Å². The molecular weight excluding hydrogens is 547 g/mol. The quantitative estimate of drug-likeness (QED) is 0.393. The van der Waals surface area contributed by atoms with Gasteiger partial charge in [-0.05, 0) is 48.9 Å². The number of rotatable bonds is 8. The number of benzene rings is 2. The fraction of sp³-hybridized carbons (Fsp3) is 0.387. The molecular formula is C31H34F3N5O3. The van der Waals surface area contributed by atoms with Crippen LogP contribution in [-0.2, 0) is 22.8 Å². The molecule has 0 spiro atoms. The molecule has 3 aromatic rings. The van der Waals surface area contributed by atoms with E-state index in [4.69, 9.17) is 9.84 Å². The molecule has 1 aromatic heterocycles. The summed E-state index contributed by atoms with van der Waals surface area (Å²) in [5, 5.41) is 6.19. The number of carbonyl (C=O) groups is 2. The molecule has 5 rings (SSSR count). The van der Waals surface area contributed by atoms with Crippen LogP contribution in [-0.4, -0.2) is 82.8 Å². The third-order valence-electron chi connectivity index (χ3n) is 7.73. The maximum atomic E-state index is 13.9. The first-order valence-electron chi connectivity index (χ1n) is 13.9. The number of hydrogen-bond donors (Lipinski definition) is 0. The first-order chi connectivity index (χ1) is 20.1. The Hall–Kier alpha value is -3.96. The fourth-order valence-electron chi connectivity index (χ4n) is 5.26. The van der Waals surface area contributed by atoms with Crippen molar-refractivity contribution in [2.45, 2.75) is 25.6 Å². The number of aryl methyl sites for hydroxylation is 2. The summed E-state index contributed by atoms with van der Waals surface area (Å²) in [5.41, 5.74) is 2.92. The van der Waals surface area contributed by atoms with Crippen LogP contribution >= 0.6 is 0 Å². The van der Waals surface area contributed by atoms with Crippen LogP contribution in [0.1, 0.15) is 45.2 Å². The Morgan fingerprint density at radius 3 is 2.33 bits per heavy atom. The highest BCUT2D eigenvalue weighted by molar-refractivity contribution is 6.02. The molecule has 0 radical (unpaired) electrons. The minimum atomic E-state index is -4.51. The van der Waals surface area contributed by atoms with Gasteiger partial charge < -0.3 is 14.2 Å². The van der Waals surface area contributed by atoms with E-state index in [2.05, 4.69) is 4.90 Å². The van der Waals surface area contributed by atoms with Gasteiger partial charge in [0.15, 0.2) is 0 Å². The summed E-state index contributed by atoms with van der Waals surface area (Å²) in [5.74, 6) is -0.880. The lowest BCUT2D eigenvalue weighted by atomic mass is 9.99. The van der Waals surface area contributed by atoms with Gasteiger partial charge >= 0.3 is 6.18 Å². The zero-order chi connectivity index (χ0) is 29.9. The fourth-order valence-corrected chi connectivity index (χ4v) is 5.26. The van der Waals surface area contributed by atoms with Crippen LogP contribution in [0, 0.1) is 6.92 Å². The van der Waals surface area contributed by atoms with Crippen molar-refractivity contribution in [3.63, 3.8) is 0 Å². The molecule has 1 atom stereocenters. The van der Waals surface area contributed by atoms with E-state index in [-0.39, 0.29) is 30.6 Å². The molecule has 2 aromatic carbocycles. The van der Waals surface area contributed by atoms with Gasteiger partial charge in [0, 0.05) is 51.4 Å². The summed E-state index contributed by atoms with van der Waals surface area (Å²) < 4.78 is 46.8. The summed E-state index contributed by atoms with van der Waals surface area (Å²) in [6.07, 6.45) is -2.09. The molecule has 11 heteroatoms. The summed E-state index contributed by atoms with van der Waals surface area (Å²) in [4.78, 5) is 31.1. The van der Waals surface area contributed by atoms with Crippen molar-refractivity contribution in [2.75, 3.05) is 45.9 Å². The SMILES string of the molecule is Cc1ccc([C@@H]2CC(c3cccn3C)=NN2C(=O)CN(CCN2CCOCC2)C(=O)c2ccc(C(F)(F)F)cc2)cc1. The number of halogens is 3. The van der Waals surface area contributed by atoms with Gasteiger partial charge in [-0.2, -0.15) is 18.3 Å². The van der Waals surface area contributed by atoms with Gasteiger partial charge in [-0.1, -0.05) is 29.8 Å². The average Bonchev–Trinajstić information content (AvgIpc) is 3.62. The first-order valence-corrected chi connectivity index (χ1v) is 13.9. The zero-order valence-corrected chi connectivity index (χ0v) is 23.7. The summed E-state index contributed by atoms with van der Waals surface area (Å²) in [7, 11) is 1.92. The lowest BCUT2D eigenvalue weighted by Gasteiger charge is -2.31. The highest BCUT2D eigenvalue weighted by Gasteiger charge is 2.35. The molecule has 8 nitrogen and oxygen atoms in total. The average molecular weight is 582 g/mol. The van der Waals surface area contributed by atoms with Gasteiger partial charge in [-0.15, -0.1) is 0 Å². The number of morpholine rings is 1. The molecule has 1 fully saturated rings. The Labute approximate surface area is 243 Å². The molecule has 0 bridgehead atoms. The Morgan fingerprint density at radius 2 is 1.71 bits per heavy atom. The van der Waals surface area contributed by atoms with Crippen molar-refractivity contribution in [3.8, 4) is 0 Å². The lowest BCUT2D eigenvalue weighted by Crippen LogP contribution is -2.46.